The van der Waals surface area contributed by atoms with Gasteiger partial charge in [-0.25, -0.2) is 8.42 Å². The Hall–Kier alpha value is -2.64. The molecule has 1 atom stereocenters. The third-order valence-corrected chi connectivity index (χ3v) is 5.77. The third-order valence-electron chi connectivity index (χ3n) is 4.31. The number of nitrogens with one attached hydrogen (secondary N) is 1. The topological polar surface area (TPSA) is 89.3 Å². The Labute approximate surface area is 161 Å². The fraction of sp³-hybridized carbons (Fsp3) is 0.158. The van der Waals surface area contributed by atoms with E-state index in [-0.39, 0.29) is 10.9 Å². The fourth-order valence-corrected chi connectivity index (χ4v) is 4.13. The first kappa shape index (κ1) is 19.1. The summed E-state index contributed by atoms with van der Waals surface area (Å²) in [6.07, 6.45) is 0.954. The van der Waals surface area contributed by atoms with Gasteiger partial charge in [-0.3, -0.25) is 10.1 Å². The molecule has 27 heavy (non-hydrogen) atoms. The SMILES string of the molecule is CC(Nc1ccc([N+](=O)[O-])c(S(C)(=O)=O)c1)c1ccc(Cl)c2ccccc12. The number of rotatable bonds is 5. The molecule has 0 aliphatic carbocycles. The van der Waals surface area contributed by atoms with E-state index >= 15 is 0 Å². The van der Waals surface area contributed by atoms with Gasteiger partial charge in [0, 0.05) is 34.5 Å². The molecule has 0 amide bonds. The van der Waals surface area contributed by atoms with Crippen LogP contribution in [0, 0.1) is 10.1 Å². The van der Waals surface area contributed by atoms with Crippen molar-refractivity contribution in [3.05, 3.63) is 75.3 Å². The Morgan fingerprint density at radius 2 is 1.74 bits per heavy atom. The van der Waals surface area contributed by atoms with Crippen molar-refractivity contribution >= 4 is 43.6 Å². The number of sulfone groups is 1. The molecule has 8 heteroatoms. The molecule has 0 aliphatic rings. The second-order valence-corrected chi connectivity index (χ2v) is 8.65. The lowest BCUT2D eigenvalue weighted by Crippen LogP contribution is -2.09. The van der Waals surface area contributed by atoms with Crippen molar-refractivity contribution in [2.24, 2.45) is 0 Å². The number of anilines is 1. The van der Waals surface area contributed by atoms with Crippen LogP contribution in [0.5, 0.6) is 0 Å². The minimum atomic E-state index is -3.74. The van der Waals surface area contributed by atoms with E-state index in [1.807, 2.05) is 43.3 Å². The molecule has 1 unspecified atom stereocenters. The number of benzene rings is 3. The van der Waals surface area contributed by atoms with Crippen LogP contribution in [0.25, 0.3) is 10.8 Å². The molecule has 0 fully saturated rings. The predicted octanol–water partition coefficient (Wildman–Crippen LogP) is 4.98. The summed E-state index contributed by atoms with van der Waals surface area (Å²) in [5, 5.41) is 16.9. The van der Waals surface area contributed by atoms with E-state index in [9.17, 15) is 18.5 Å². The van der Waals surface area contributed by atoms with E-state index in [1.54, 1.807) is 0 Å². The number of nitro benzene ring substituents is 1. The zero-order chi connectivity index (χ0) is 19.8. The first-order chi connectivity index (χ1) is 12.7. The van der Waals surface area contributed by atoms with Gasteiger partial charge in [0.15, 0.2) is 9.84 Å². The highest BCUT2D eigenvalue weighted by Crippen LogP contribution is 2.33. The minimum Gasteiger partial charge on any atom is -0.378 e. The summed E-state index contributed by atoms with van der Waals surface area (Å²) in [6.45, 7) is 1.93. The summed E-state index contributed by atoms with van der Waals surface area (Å²) in [4.78, 5) is 10.1. The quantitative estimate of drug-likeness (QED) is 0.478. The molecule has 6 nitrogen and oxygen atoms in total. The molecule has 3 aromatic carbocycles. The molecule has 3 rings (SSSR count). The van der Waals surface area contributed by atoms with Crippen molar-refractivity contribution in [2.45, 2.75) is 17.9 Å². The Kier molecular flexibility index (Phi) is 5.08. The lowest BCUT2D eigenvalue weighted by molar-refractivity contribution is -0.387. The van der Waals surface area contributed by atoms with E-state index in [0.29, 0.717) is 10.7 Å². The van der Waals surface area contributed by atoms with Crippen molar-refractivity contribution < 1.29 is 13.3 Å². The van der Waals surface area contributed by atoms with Gasteiger partial charge >= 0.3 is 0 Å². The number of nitrogens with zero attached hydrogens (tertiary/aromatic N) is 1. The smallest absolute Gasteiger partial charge is 0.288 e. The largest absolute Gasteiger partial charge is 0.378 e. The maximum atomic E-state index is 11.9. The molecule has 0 spiro atoms. The maximum Gasteiger partial charge on any atom is 0.288 e. The molecule has 1 N–H and O–H groups in total. The number of fused-ring (bicyclic) bond motifs is 1. The van der Waals surface area contributed by atoms with Crippen LogP contribution in [0.3, 0.4) is 0 Å². The van der Waals surface area contributed by atoms with Crippen LogP contribution in [0.2, 0.25) is 5.02 Å². The lowest BCUT2D eigenvalue weighted by atomic mass is 9.99. The van der Waals surface area contributed by atoms with Crippen LogP contribution in [-0.4, -0.2) is 19.6 Å². The first-order valence-electron chi connectivity index (χ1n) is 8.10. The van der Waals surface area contributed by atoms with Crippen LogP contribution in [0.1, 0.15) is 18.5 Å². The predicted molar refractivity (Wildman–Crippen MR) is 107 cm³/mol. The summed E-state index contributed by atoms with van der Waals surface area (Å²) >= 11 is 6.26. The summed E-state index contributed by atoms with van der Waals surface area (Å²) in [5.74, 6) is 0. The second kappa shape index (κ2) is 7.17. The lowest BCUT2D eigenvalue weighted by Gasteiger charge is -2.19. The Bertz CT molecular complexity index is 1150. The Morgan fingerprint density at radius 3 is 2.37 bits per heavy atom. The normalized spacial score (nSPS) is 12.7. The molecule has 0 radical (unpaired) electrons. The molecule has 140 valence electrons. The molecule has 0 heterocycles. The van der Waals surface area contributed by atoms with Crippen molar-refractivity contribution in [1.82, 2.24) is 0 Å². The van der Waals surface area contributed by atoms with E-state index in [0.717, 1.165) is 22.6 Å². The summed E-state index contributed by atoms with van der Waals surface area (Å²) in [5.41, 5.74) is 1.02. The molecule has 3 aromatic rings. The number of nitro groups is 1. The van der Waals surface area contributed by atoms with Crippen LogP contribution >= 0.6 is 11.6 Å². The maximum absolute atomic E-state index is 11.9. The van der Waals surface area contributed by atoms with Gasteiger partial charge in [-0.05, 0) is 36.1 Å². The third kappa shape index (κ3) is 3.89. The van der Waals surface area contributed by atoms with Gasteiger partial charge in [0.1, 0.15) is 4.90 Å². The van der Waals surface area contributed by atoms with Crippen LogP contribution in [-0.2, 0) is 9.84 Å². The van der Waals surface area contributed by atoms with Crippen LogP contribution < -0.4 is 5.32 Å². The van der Waals surface area contributed by atoms with Gasteiger partial charge < -0.3 is 5.32 Å². The first-order valence-corrected chi connectivity index (χ1v) is 10.4. The van der Waals surface area contributed by atoms with Gasteiger partial charge in [0.25, 0.3) is 5.69 Å². The molecular weight excluding hydrogens is 388 g/mol. The number of hydrogen-bond donors (Lipinski definition) is 1. The monoisotopic (exact) mass is 404 g/mol. The average Bonchev–Trinajstić information content (AvgIpc) is 2.61. The summed E-state index contributed by atoms with van der Waals surface area (Å²) in [6, 6.07) is 15.3. The van der Waals surface area contributed by atoms with Crippen molar-refractivity contribution in [3.8, 4) is 0 Å². The second-order valence-electron chi connectivity index (χ2n) is 6.26. The van der Waals surface area contributed by atoms with Gasteiger partial charge in [-0.2, -0.15) is 0 Å². The van der Waals surface area contributed by atoms with Crippen molar-refractivity contribution in [1.29, 1.82) is 0 Å². The van der Waals surface area contributed by atoms with Gasteiger partial charge in [0.05, 0.1) is 4.92 Å². The van der Waals surface area contributed by atoms with Gasteiger partial charge in [-0.1, -0.05) is 41.9 Å². The highest BCUT2D eigenvalue weighted by molar-refractivity contribution is 7.90. The van der Waals surface area contributed by atoms with Crippen molar-refractivity contribution in [2.75, 3.05) is 11.6 Å². The fourth-order valence-electron chi connectivity index (χ4n) is 3.04. The van der Waals surface area contributed by atoms with E-state index in [1.165, 1.54) is 18.2 Å². The van der Waals surface area contributed by atoms with E-state index in [4.69, 9.17) is 11.6 Å². The molecule has 0 bridgehead atoms. The van der Waals surface area contributed by atoms with Crippen molar-refractivity contribution in [3.63, 3.8) is 0 Å². The average molecular weight is 405 g/mol. The zero-order valence-electron chi connectivity index (χ0n) is 14.6. The highest BCUT2D eigenvalue weighted by atomic mass is 35.5. The minimum absolute atomic E-state index is 0.180. The van der Waals surface area contributed by atoms with E-state index in [2.05, 4.69) is 5.32 Å². The molecular formula is C19H17ClN2O4S. The standard InChI is InChI=1S/C19H17ClN2O4S/c1-12(14-8-9-17(20)16-6-4-3-5-15(14)16)21-13-7-10-18(22(23)24)19(11-13)27(2,25)26/h3-12,21H,1-2H3. The summed E-state index contributed by atoms with van der Waals surface area (Å²) in [7, 11) is -3.74. The highest BCUT2D eigenvalue weighted by Gasteiger charge is 2.23. The molecule has 0 saturated heterocycles. The molecule has 0 aromatic heterocycles. The zero-order valence-corrected chi connectivity index (χ0v) is 16.2. The molecule has 0 saturated carbocycles. The van der Waals surface area contributed by atoms with Gasteiger partial charge in [-0.15, -0.1) is 0 Å². The number of halogens is 1. The van der Waals surface area contributed by atoms with Crippen LogP contribution in [0.4, 0.5) is 11.4 Å². The number of hydrogen-bond acceptors (Lipinski definition) is 5. The van der Waals surface area contributed by atoms with E-state index < -0.39 is 20.4 Å². The summed E-state index contributed by atoms with van der Waals surface area (Å²) < 4.78 is 23.9. The Balaban J connectivity index is 2.01. The van der Waals surface area contributed by atoms with Crippen LogP contribution in [0.15, 0.2) is 59.5 Å². The Morgan fingerprint density at radius 1 is 1.07 bits per heavy atom. The van der Waals surface area contributed by atoms with Gasteiger partial charge in [0.2, 0.25) is 0 Å². The molecule has 0 aliphatic heterocycles.